The Hall–Kier alpha value is -1.85. The monoisotopic (exact) mass is 362 g/mol. The van der Waals surface area contributed by atoms with E-state index in [4.69, 9.17) is 5.73 Å². The fourth-order valence-electron chi connectivity index (χ4n) is 3.68. The first-order valence-electron chi connectivity index (χ1n) is 7.77. The van der Waals surface area contributed by atoms with E-state index in [9.17, 15) is 14.9 Å². The number of amides is 2. The number of aryl methyl sites for hydroxylation is 1. The first-order chi connectivity index (χ1) is 11.5. The molecule has 3 N–H and O–H groups in total. The second kappa shape index (κ2) is 6.57. The zero-order valence-electron chi connectivity index (χ0n) is 13.3. The molecule has 1 spiro atoms. The number of nitriles is 1. The number of nitrogens with zero attached hydrogens (tertiary/aromatic N) is 2. The van der Waals surface area contributed by atoms with Crippen LogP contribution >= 0.6 is 23.1 Å². The number of carbonyl (C=O) groups excluding carboxylic acids is 2. The van der Waals surface area contributed by atoms with Crippen molar-refractivity contribution in [2.75, 3.05) is 5.75 Å². The van der Waals surface area contributed by atoms with Gasteiger partial charge in [-0.25, -0.2) is 4.98 Å². The van der Waals surface area contributed by atoms with E-state index in [2.05, 4.69) is 16.4 Å². The van der Waals surface area contributed by atoms with Gasteiger partial charge in [0, 0.05) is 16.5 Å². The lowest BCUT2D eigenvalue weighted by molar-refractivity contribution is -0.125. The molecule has 126 valence electrons. The van der Waals surface area contributed by atoms with E-state index in [0.717, 1.165) is 48.1 Å². The molecule has 3 rings (SSSR count). The van der Waals surface area contributed by atoms with Crippen LogP contribution in [0.5, 0.6) is 0 Å². The highest BCUT2D eigenvalue weighted by molar-refractivity contribution is 8.03. The van der Waals surface area contributed by atoms with E-state index >= 15 is 0 Å². The summed E-state index contributed by atoms with van der Waals surface area (Å²) >= 11 is 2.61. The number of aromatic nitrogens is 1. The fourth-order valence-corrected chi connectivity index (χ4v) is 5.54. The molecule has 0 bridgehead atoms. The Morgan fingerprint density at radius 3 is 2.83 bits per heavy atom. The molecule has 1 aliphatic heterocycles. The number of hydrogen-bond acceptors (Lipinski definition) is 6. The number of allylic oxidation sites excluding steroid dienone is 1. The maximum atomic E-state index is 12.9. The van der Waals surface area contributed by atoms with Crippen LogP contribution < -0.4 is 11.1 Å². The van der Waals surface area contributed by atoms with Gasteiger partial charge in [-0.1, -0.05) is 24.6 Å². The van der Waals surface area contributed by atoms with E-state index in [1.54, 1.807) is 0 Å². The van der Waals surface area contributed by atoms with Crippen molar-refractivity contribution in [3.05, 3.63) is 26.7 Å². The van der Waals surface area contributed by atoms with Crippen molar-refractivity contribution in [2.24, 2.45) is 11.1 Å². The summed E-state index contributed by atoms with van der Waals surface area (Å²) < 4.78 is 0. The Morgan fingerprint density at radius 2 is 2.29 bits per heavy atom. The molecule has 1 aromatic rings. The average molecular weight is 362 g/mol. The number of primary amides is 1. The lowest BCUT2D eigenvalue weighted by Crippen LogP contribution is -2.45. The molecule has 0 saturated heterocycles. The standard InChI is InChI=1S/C16H18N4O2S2/c1-9-7-23-15(19-9)12-13(22)20-14(24-8-11(18)21)10(6-17)16(12)4-2-3-5-16/h7,12H,2-5,8H2,1H3,(H2,18,21)(H,20,22). The minimum absolute atomic E-state index is 0.0396. The molecule has 24 heavy (non-hydrogen) atoms. The summed E-state index contributed by atoms with van der Waals surface area (Å²) in [6.45, 7) is 1.90. The fraction of sp³-hybridized carbons (Fsp3) is 0.500. The smallest absolute Gasteiger partial charge is 0.235 e. The van der Waals surface area contributed by atoms with E-state index in [1.807, 2.05) is 12.3 Å². The Labute approximate surface area is 148 Å². The molecule has 2 heterocycles. The molecule has 0 aromatic carbocycles. The predicted octanol–water partition coefficient (Wildman–Crippen LogP) is 2.18. The summed E-state index contributed by atoms with van der Waals surface area (Å²) in [6.07, 6.45) is 3.53. The molecule has 8 heteroatoms. The van der Waals surface area contributed by atoms with Crippen LogP contribution in [0.2, 0.25) is 0 Å². The molecule has 2 aliphatic rings. The molecule has 0 radical (unpaired) electrons. The van der Waals surface area contributed by atoms with Crippen LogP contribution in [0.4, 0.5) is 0 Å². The van der Waals surface area contributed by atoms with Gasteiger partial charge in [0.25, 0.3) is 0 Å². The predicted molar refractivity (Wildman–Crippen MR) is 92.9 cm³/mol. The van der Waals surface area contributed by atoms with Gasteiger partial charge in [-0.3, -0.25) is 9.59 Å². The van der Waals surface area contributed by atoms with E-state index in [0.29, 0.717) is 10.6 Å². The third-order valence-corrected chi connectivity index (χ3v) is 6.68. The van der Waals surface area contributed by atoms with E-state index in [1.165, 1.54) is 11.3 Å². The third-order valence-electron chi connectivity index (χ3n) is 4.63. The summed E-state index contributed by atoms with van der Waals surface area (Å²) in [7, 11) is 0. The van der Waals surface area contributed by atoms with Crippen molar-refractivity contribution in [3.63, 3.8) is 0 Å². The summed E-state index contributed by atoms with van der Waals surface area (Å²) in [4.78, 5) is 28.5. The highest BCUT2D eigenvalue weighted by Gasteiger charge is 2.53. The normalized spacial score (nSPS) is 22.5. The minimum Gasteiger partial charge on any atom is -0.369 e. The molecule has 1 aromatic heterocycles. The third kappa shape index (κ3) is 2.82. The zero-order valence-corrected chi connectivity index (χ0v) is 14.9. The maximum Gasteiger partial charge on any atom is 0.235 e. The summed E-state index contributed by atoms with van der Waals surface area (Å²) in [5, 5.41) is 15.8. The second-order valence-corrected chi connectivity index (χ2v) is 8.06. The lowest BCUT2D eigenvalue weighted by Gasteiger charge is -2.40. The number of nitrogens with one attached hydrogen (secondary N) is 1. The summed E-state index contributed by atoms with van der Waals surface area (Å²) in [5.74, 6) is -1.02. The Morgan fingerprint density at radius 1 is 1.58 bits per heavy atom. The topological polar surface area (TPSA) is 109 Å². The molecule has 1 fully saturated rings. The second-order valence-electron chi connectivity index (χ2n) is 6.18. The highest BCUT2D eigenvalue weighted by Crippen LogP contribution is 2.57. The zero-order chi connectivity index (χ0) is 17.3. The number of rotatable bonds is 4. The van der Waals surface area contributed by atoms with Crippen LogP contribution in [-0.2, 0) is 9.59 Å². The van der Waals surface area contributed by atoms with Gasteiger partial charge in [-0.05, 0) is 19.8 Å². The molecule has 1 unspecified atom stereocenters. The van der Waals surface area contributed by atoms with Crippen LogP contribution in [0.25, 0.3) is 0 Å². The molecule has 2 amide bonds. The molecule has 1 saturated carbocycles. The number of nitrogens with two attached hydrogens (primary N) is 1. The maximum absolute atomic E-state index is 12.9. The number of hydrogen-bond donors (Lipinski definition) is 2. The molecule has 1 aliphatic carbocycles. The highest BCUT2D eigenvalue weighted by atomic mass is 32.2. The molecular weight excluding hydrogens is 344 g/mol. The molecule has 6 nitrogen and oxygen atoms in total. The van der Waals surface area contributed by atoms with Gasteiger partial charge in [0.05, 0.1) is 22.4 Å². The minimum atomic E-state index is -0.513. The first kappa shape index (κ1) is 17.0. The van der Waals surface area contributed by atoms with Crippen molar-refractivity contribution < 1.29 is 9.59 Å². The lowest BCUT2D eigenvalue weighted by atomic mass is 9.67. The summed E-state index contributed by atoms with van der Waals surface area (Å²) in [6, 6.07) is 2.31. The van der Waals surface area contributed by atoms with Crippen molar-refractivity contribution in [1.29, 1.82) is 5.26 Å². The Kier molecular flexibility index (Phi) is 4.65. The number of carbonyl (C=O) groups is 2. The largest absolute Gasteiger partial charge is 0.369 e. The van der Waals surface area contributed by atoms with Gasteiger partial charge >= 0.3 is 0 Å². The van der Waals surface area contributed by atoms with Crippen LogP contribution in [-0.4, -0.2) is 22.6 Å². The van der Waals surface area contributed by atoms with Crippen LogP contribution in [0.1, 0.15) is 42.3 Å². The van der Waals surface area contributed by atoms with Crippen LogP contribution in [0.3, 0.4) is 0 Å². The van der Waals surface area contributed by atoms with Gasteiger partial charge in [-0.15, -0.1) is 11.3 Å². The summed E-state index contributed by atoms with van der Waals surface area (Å²) in [5.41, 5.74) is 6.15. The Balaban J connectivity index is 2.08. The average Bonchev–Trinajstić information content (AvgIpc) is 3.15. The van der Waals surface area contributed by atoms with Gasteiger partial charge in [0.1, 0.15) is 10.9 Å². The van der Waals surface area contributed by atoms with Crippen molar-refractivity contribution >= 4 is 34.9 Å². The van der Waals surface area contributed by atoms with Crippen LogP contribution in [0, 0.1) is 23.7 Å². The van der Waals surface area contributed by atoms with Gasteiger partial charge < -0.3 is 11.1 Å². The van der Waals surface area contributed by atoms with E-state index in [-0.39, 0.29) is 11.7 Å². The quantitative estimate of drug-likeness (QED) is 0.853. The first-order valence-corrected chi connectivity index (χ1v) is 9.63. The van der Waals surface area contributed by atoms with Crippen molar-refractivity contribution in [3.8, 4) is 6.07 Å². The number of thiazole rings is 1. The van der Waals surface area contributed by atoms with Crippen molar-refractivity contribution in [2.45, 2.75) is 38.5 Å². The SMILES string of the molecule is Cc1csc(C2C(=O)NC(SCC(N)=O)=C(C#N)C23CCCC3)n1. The Bertz CT molecular complexity index is 756. The number of thioether (sulfide) groups is 1. The molecular formula is C16H18N4O2S2. The van der Waals surface area contributed by atoms with Crippen LogP contribution in [0.15, 0.2) is 16.0 Å². The van der Waals surface area contributed by atoms with Gasteiger partial charge in [-0.2, -0.15) is 5.26 Å². The van der Waals surface area contributed by atoms with Gasteiger partial charge in [0.2, 0.25) is 11.8 Å². The molecule has 1 atom stereocenters. The van der Waals surface area contributed by atoms with E-state index < -0.39 is 17.2 Å². The van der Waals surface area contributed by atoms with Crippen molar-refractivity contribution in [1.82, 2.24) is 10.3 Å². The van der Waals surface area contributed by atoms with Gasteiger partial charge in [0.15, 0.2) is 0 Å².